The van der Waals surface area contributed by atoms with Crippen LogP contribution in [-0.4, -0.2) is 52.1 Å². The van der Waals surface area contributed by atoms with Crippen molar-refractivity contribution in [3.05, 3.63) is 0 Å². The van der Waals surface area contributed by atoms with Crippen LogP contribution in [0.3, 0.4) is 0 Å². The van der Waals surface area contributed by atoms with Crippen molar-refractivity contribution in [2.75, 3.05) is 40.0 Å². The maximum Gasteiger partial charge on any atom is 0.332 e. The number of hydrogen-bond donors (Lipinski definition) is 1. The van der Waals surface area contributed by atoms with Gasteiger partial charge in [-0.3, -0.25) is 0 Å². The van der Waals surface area contributed by atoms with E-state index in [0.717, 1.165) is 6.54 Å². The summed E-state index contributed by atoms with van der Waals surface area (Å²) in [6, 6.07) is 0. The lowest BCUT2D eigenvalue weighted by molar-refractivity contribution is -0.148. The van der Waals surface area contributed by atoms with E-state index in [1.165, 1.54) is 0 Å². The standard InChI is InChI=1S/C10H21NO4/c1-4-15-10(12)8-14-6-5-11-7-9(2)13-3/h9,11H,4-8H2,1-3H3. The van der Waals surface area contributed by atoms with E-state index in [1.807, 2.05) is 6.92 Å². The summed E-state index contributed by atoms with van der Waals surface area (Å²) in [6.45, 7) is 6.14. The molecule has 15 heavy (non-hydrogen) atoms. The van der Waals surface area contributed by atoms with Crippen LogP contribution in [0.5, 0.6) is 0 Å². The van der Waals surface area contributed by atoms with Crippen molar-refractivity contribution < 1.29 is 19.0 Å². The van der Waals surface area contributed by atoms with Gasteiger partial charge in [0.15, 0.2) is 0 Å². The first-order valence-corrected chi connectivity index (χ1v) is 5.17. The van der Waals surface area contributed by atoms with E-state index < -0.39 is 0 Å². The van der Waals surface area contributed by atoms with E-state index in [-0.39, 0.29) is 18.7 Å². The SMILES string of the molecule is CCOC(=O)COCCNCC(C)OC. The lowest BCUT2D eigenvalue weighted by Gasteiger charge is -2.10. The van der Waals surface area contributed by atoms with Crippen LogP contribution in [0, 0.1) is 0 Å². The first-order valence-electron chi connectivity index (χ1n) is 5.17. The molecule has 0 saturated carbocycles. The molecule has 0 aromatic rings. The summed E-state index contributed by atoms with van der Waals surface area (Å²) in [4.78, 5) is 10.8. The zero-order valence-corrected chi connectivity index (χ0v) is 9.75. The van der Waals surface area contributed by atoms with E-state index >= 15 is 0 Å². The molecule has 0 aliphatic heterocycles. The molecule has 0 heterocycles. The molecule has 0 rings (SSSR count). The van der Waals surface area contributed by atoms with Crippen LogP contribution in [0.2, 0.25) is 0 Å². The Balaban J connectivity index is 3.14. The minimum atomic E-state index is -0.317. The summed E-state index contributed by atoms with van der Waals surface area (Å²) >= 11 is 0. The van der Waals surface area contributed by atoms with Crippen molar-refractivity contribution in [1.82, 2.24) is 5.32 Å². The number of esters is 1. The van der Waals surface area contributed by atoms with Crippen molar-refractivity contribution in [2.45, 2.75) is 20.0 Å². The second-order valence-electron chi connectivity index (χ2n) is 3.11. The molecule has 0 bridgehead atoms. The van der Waals surface area contributed by atoms with Crippen molar-refractivity contribution in [3.63, 3.8) is 0 Å². The summed E-state index contributed by atoms with van der Waals surface area (Å²) in [5.41, 5.74) is 0. The Hall–Kier alpha value is -0.650. The van der Waals surface area contributed by atoms with Crippen LogP contribution in [0.25, 0.3) is 0 Å². The molecule has 90 valence electrons. The fourth-order valence-electron chi connectivity index (χ4n) is 0.891. The number of carbonyl (C=O) groups is 1. The Kier molecular flexibility index (Phi) is 9.46. The number of hydrogen-bond acceptors (Lipinski definition) is 5. The second kappa shape index (κ2) is 9.89. The zero-order valence-electron chi connectivity index (χ0n) is 9.75. The fourth-order valence-corrected chi connectivity index (χ4v) is 0.891. The number of ether oxygens (including phenoxy) is 3. The van der Waals surface area contributed by atoms with Gasteiger partial charge < -0.3 is 19.5 Å². The summed E-state index contributed by atoms with van der Waals surface area (Å²) in [7, 11) is 1.67. The average Bonchev–Trinajstić information content (AvgIpc) is 2.23. The molecule has 0 radical (unpaired) electrons. The highest BCUT2D eigenvalue weighted by Gasteiger charge is 2.01. The number of methoxy groups -OCH3 is 1. The Morgan fingerprint density at radius 1 is 1.47 bits per heavy atom. The normalized spacial score (nSPS) is 12.5. The monoisotopic (exact) mass is 219 g/mol. The second-order valence-corrected chi connectivity index (χ2v) is 3.11. The van der Waals surface area contributed by atoms with Gasteiger partial charge in [0.2, 0.25) is 0 Å². The molecule has 0 aliphatic rings. The summed E-state index contributed by atoms with van der Waals surface area (Å²) < 4.78 is 14.8. The van der Waals surface area contributed by atoms with E-state index in [4.69, 9.17) is 14.2 Å². The molecule has 5 heteroatoms. The van der Waals surface area contributed by atoms with Crippen LogP contribution in [0.4, 0.5) is 0 Å². The van der Waals surface area contributed by atoms with Crippen LogP contribution < -0.4 is 5.32 Å². The highest BCUT2D eigenvalue weighted by Crippen LogP contribution is 1.84. The van der Waals surface area contributed by atoms with Gasteiger partial charge in [0.05, 0.1) is 19.3 Å². The van der Waals surface area contributed by atoms with E-state index in [9.17, 15) is 4.79 Å². The zero-order chi connectivity index (χ0) is 11.5. The molecule has 0 aromatic heterocycles. The van der Waals surface area contributed by atoms with Gasteiger partial charge in [-0.15, -0.1) is 0 Å². The molecule has 1 unspecified atom stereocenters. The summed E-state index contributed by atoms with van der Waals surface area (Å²) in [5.74, 6) is -0.317. The van der Waals surface area contributed by atoms with Gasteiger partial charge in [-0.1, -0.05) is 0 Å². The van der Waals surface area contributed by atoms with Gasteiger partial charge in [0, 0.05) is 20.2 Å². The van der Waals surface area contributed by atoms with Crippen LogP contribution in [0.1, 0.15) is 13.8 Å². The van der Waals surface area contributed by atoms with Gasteiger partial charge in [0.1, 0.15) is 6.61 Å². The molecule has 0 saturated heterocycles. The highest BCUT2D eigenvalue weighted by molar-refractivity contribution is 5.70. The minimum Gasteiger partial charge on any atom is -0.464 e. The topological polar surface area (TPSA) is 56.8 Å². The average molecular weight is 219 g/mol. The first-order chi connectivity index (χ1) is 7.20. The van der Waals surface area contributed by atoms with Crippen LogP contribution in [-0.2, 0) is 19.0 Å². The van der Waals surface area contributed by atoms with Crippen molar-refractivity contribution in [3.8, 4) is 0 Å². The molecular formula is C10H21NO4. The van der Waals surface area contributed by atoms with Gasteiger partial charge in [-0.05, 0) is 13.8 Å². The fraction of sp³-hybridized carbons (Fsp3) is 0.900. The van der Waals surface area contributed by atoms with Crippen molar-refractivity contribution in [1.29, 1.82) is 0 Å². The predicted octanol–water partition coefficient (Wildman–Crippen LogP) is 0.191. The van der Waals surface area contributed by atoms with Crippen LogP contribution >= 0.6 is 0 Å². The summed E-state index contributed by atoms with van der Waals surface area (Å²) in [6.07, 6.45) is 0.190. The molecule has 0 aliphatic carbocycles. The molecule has 5 nitrogen and oxygen atoms in total. The molecular weight excluding hydrogens is 198 g/mol. The largest absolute Gasteiger partial charge is 0.464 e. The Morgan fingerprint density at radius 2 is 2.20 bits per heavy atom. The minimum absolute atomic E-state index is 0.0232. The van der Waals surface area contributed by atoms with Gasteiger partial charge >= 0.3 is 5.97 Å². The molecule has 0 spiro atoms. The Bertz CT molecular complexity index is 164. The molecule has 1 atom stereocenters. The number of rotatable bonds is 9. The lowest BCUT2D eigenvalue weighted by atomic mass is 10.4. The molecule has 1 N–H and O–H groups in total. The third kappa shape index (κ3) is 9.65. The molecule has 0 amide bonds. The first kappa shape index (κ1) is 14.3. The van der Waals surface area contributed by atoms with Gasteiger partial charge in [0.25, 0.3) is 0 Å². The maximum absolute atomic E-state index is 10.8. The van der Waals surface area contributed by atoms with Crippen molar-refractivity contribution in [2.24, 2.45) is 0 Å². The molecule has 0 aromatic carbocycles. The molecule has 0 fully saturated rings. The quantitative estimate of drug-likeness (QED) is 0.443. The Morgan fingerprint density at radius 3 is 2.80 bits per heavy atom. The van der Waals surface area contributed by atoms with Gasteiger partial charge in [-0.2, -0.15) is 0 Å². The van der Waals surface area contributed by atoms with Crippen LogP contribution in [0.15, 0.2) is 0 Å². The highest BCUT2D eigenvalue weighted by atomic mass is 16.6. The van der Waals surface area contributed by atoms with Crippen molar-refractivity contribution >= 4 is 5.97 Å². The number of carbonyl (C=O) groups excluding carboxylic acids is 1. The van der Waals surface area contributed by atoms with E-state index in [0.29, 0.717) is 19.8 Å². The third-order valence-electron chi connectivity index (χ3n) is 1.78. The predicted molar refractivity (Wildman–Crippen MR) is 56.8 cm³/mol. The maximum atomic E-state index is 10.8. The summed E-state index contributed by atoms with van der Waals surface area (Å²) in [5, 5.41) is 3.14. The lowest BCUT2D eigenvalue weighted by Crippen LogP contribution is -2.29. The Labute approximate surface area is 91.1 Å². The third-order valence-corrected chi connectivity index (χ3v) is 1.78. The smallest absolute Gasteiger partial charge is 0.332 e. The van der Waals surface area contributed by atoms with E-state index in [1.54, 1.807) is 14.0 Å². The van der Waals surface area contributed by atoms with E-state index in [2.05, 4.69) is 5.32 Å². The van der Waals surface area contributed by atoms with Gasteiger partial charge in [-0.25, -0.2) is 4.79 Å². The number of nitrogens with one attached hydrogen (secondary N) is 1.